The molecule has 0 saturated heterocycles. The van der Waals surface area contributed by atoms with Crippen LogP contribution in [0.5, 0.6) is 0 Å². The van der Waals surface area contributed by atoms with Crippen LogP contribution in [-0.4, -0.2) is 30.1 Å². The normalized spacial score (nSPS) is 10.7. The summed E-state index contributed by atoms with van der Waals surface area (Å²) in [5.74, 6) is -1.60. The van der Waals surface area contributed by atoms with Gasteiger partial charge in [0.05, 0.1) is 6.61 Å². The summed E-state index contributed by atoms with van der Waals surface area (Å²) in [7, 11) is 0. The van der Waals surface area contributed by atoms with Gasteiger partial charge in [0.15, 0.2) is 0 Å². The highest BCUT2D eigenvalue weighted by atomic mass is 16.6. The lowest BCUT2D eigenvalue weighted by Gasteiger charge is -2.19. The summed E-state index contributed by atoms with van der Waals surface area (Å²) in [6.07, 6.45) is -0.547. The Morgan fingerprint density at radius 3 is 2.45 bits per heavy atom. The molecule has 0 aliphatic carbocycles. The second-order valence-corrected chi connectivity index (χ2v) is 5.61. The highest BCUT2D eigenvalue weighted by Crippen LogP contribution is 2.09. The first kappa shape index (κ1) is 17.7. The largest absolute Gasteiger partial charge is 0.460 e. The molecule has 0 aromatic heterocycles. The van der Waals surface area contributed by atoms with Crippen molar-refractivity contribution in [1.82, 2.24) is 5.32 Å². The summed E-state index contributed by atoms with van der Waals surface area (Å²) < 4.78 is 9.79. The molecule has 22 heavy (non-hydrogen) atoms. The van der Waals surface area contributed by atoms with Crippen molar-refractivity contribution in [3.05, 3.63) is 35.4 Å². The van der Waals surface area contributed by atoms with E-state index in [1.54, 1.807) is 39.8 Å². The van der Waals surface area contributed by atoms with Gasteiger partial charge in [-0.15, -0.1) is 0 Å². The van der Waals surface area contributed by atoms with Crippen molar-refractivity contribution in [1.29, 1.82) is 0 Å². The molecule has 0 spiro atoms. The lowest BCUT2D eigenvalue weighted by Crippen LogP contribution is -2.32. The molecule has 0 radical (unpaired) electrons. The third-order valence-electron chi connectivity index (χ3n) is 2.49. The van der Waals surface area contributed by atoms with E-state index in [0.717, 1.165) is 0 Å². The Labute approximate surface area is 129 Å². The maximum atomic E-state index is 11.8. The van der Waals surface area contributed by atoms with Crippen LogP contribution < -0.4 is 5.32 Å². The molecule has 0 unspecified atom stereocenters. The van der Waals surface area contributed by atoms with E-state index in [1.807, 2.05) is 0 Å². The standard InChI is InChI=1S/C16H21NO5/c1-5-21-14(19)13(18)12-8-6-7-11(9-12)10-17-15(20)22-16(2,3)4/h6-9H,5,10H2,1-4H3,(H,17,20). The van der Waals surface area contributed by atoms with Crippen molar-refractivity contribution < 1.29 is 23.9 Å². The predicted molar refractivity (Wildman–Crippen MR) is 80.5 cm³/mol. The monoisotopic (exact) mass is 307 g/mol. The molecule has 0 aliphatic heterocycles. The fraction of sp³-hybridized carbons (Fsp3) is 0.438. The number of alkyl carbamates (subject to hydrolysis) is 1. The molecule has 0 heterocycles. The average Bonchev–Trinajstić information content (AvgIpc) is 2.43. The molecule has 0 atom stereocenters. The first-order valence-electron chi connectivity index (χ1n) is 7.00. The maximum Gasteiger partial charge on any atom is 0.407 e. The number of benzene rings is 1. The number of carbonyl (C=O) groups is 3. The smallest absolute Gasteiger partial charge is 0.407 e. The Bertz CT molecular complexity index is 560. The second-order valence-electron chi connectivity index (χ2n) is 5.61. The Morgan fingerprint density at radius 1 is 1.18 bits per heavy atom. The Balaban J connectivity index is 2.67. The number of amides is 1. The van der Waals surface area contributed by atoms with Gasteiger partial charge in [0.25, 0.3) is 5.78 Å². The van der Waals surface area contributed by atoms with Gasteiger partial charge in [0, 0.05) is 12.1 Å². The van der Waals surface area contributed by atoms with Crippen LogP contribution in [0.15, 0.2) is 24.3 Å². The number of esters is 1. The van der Waals surface area contributed by atoms with Crippen LogP contribution in [0.4, 0.5) is 4.79 Å². The van der Waals surface area contributed by atoms with Gasteiger partial charge in [-0.3, -0.25) is 4.79 Å². The van der Waals surface area contributed by atoms with Crippen molar-refractivity contribution in [3.63, 3.8) is 0 Å². The van der Waals surface area contributed by atoms with E-state index in [1.165, 1.54) is 12.1 Å². The summed E-state index contributed by atoms with van der Waals surface area (Å²) in [6, 6.07) is 6.44. The Kier molecular flexibility index (Phi) is 6.10. The van der Waals surface area contributed by atoms with Gasteiger partial charge < -0.3 is 14.8 Å². The van der Waals surface area contributed by atoms with E-state index in [2.05, 4.69) is 10.1 Å². The van der Waals surface area contributed by atoms with Crippen molar-refractivity contribution in [2.24, 2.45) is 0 Å². The van der Waals surface area contributed by atoms with Crippen LogP contribution in [-0.2, 0) is 20.8 Å². The molecule has 1 N–H and O–H groups in total. The zero-order chi connectivity index (χ0) is 16.8. The number of nitrogens with one attached hydrogen (secondary N) is 1. The number of rotatable bonds is 5. The van der Waals surface area contributed by atoms with Crippen LogP contribution in [0, 0.1) is 0 Å². The summed E-state index contributed by atoms with van der Waals surface area (Å²) in [6.45, 7) is 7.28. The van der Waals surface area contributed by atoms with Crippen LogP contribution in [0.2, 0.25) is 0 Å². The lowest BCUT2D eigenvalue weighted by molar-refractivity contribution is -0.137. The molecule has 1 rings (SSSR count). The number of hydrogen-bond acceptors (Lipinski definition) is 5. The molecular weight excluding hydrogens is 286 g/mol. The third-order valence-corrected chi connectivity index (χ3v) is 2.49. The highest BCUT2D eigenvalue weighted by Gasteiger charge is 2.18. The third kappa shape index (κ3) is 5.95. The fourth-order valence-electron chi connectivity index (χ4n) is 1.63. The summed E-state index contributed by atoms with van der Waals surface area (Å²) in [5.41, 5.74) is 0.328. The van der Waals surface area contributed by atoms with E-state index < -0.39 is 23.4 Å². The summed E-state index contributed by atoms with van der Waals surface area (Å²) in [5, 5.41) is 2.59. The summed E-state index contributed by atoms with van der Waals surface area (Å²) in [4.78, 5) is 34.8. The molecule has 1 amide bonds. The fourth-order valence-corrected chi connectivity index (χ4v) is 1.63. The quantitative estimate of drug-likeness (QED) is 0.513. The maximum absolute atomic E-state index is 11.8. The lowest BCUT2D eigenvalue weighted by atomic mass is 10.1. The van der Waals surface area contributed by atoms with Crippen molar-refractivity contribution >= 4 is 17.8 Å². The SMILES string of the molecule is CCOC(=O)C(=O)c1cccc(CNC(=O)OC(C)(C)C)c1. The molecule has 1 aromatic rings. The molecule has 0 fully saturated rings. The van der Waals surface area contributed by atoms with Gasteiger partial charge >= 0.3 is 12.1 Å². The predicted octanol–water partition coefficient (Wildman–Crippen LogP) is 2.46. The molecular formula is C16H21NO5. The average molecular weight is 307 g/mol. The minimum absolute atomic E-state index is 0.143. The van der Waals surface area contributed by atoms with Gasteiger partial charge in [0.2, 0.25) is 0 Å². The van der Waals surface area contributed by atoms with Crippen LogP contribution in [0.1, 0.15) is 43.6 Å². The van der Waals surface area contributed by atoms with Crippen molar-refractivity contribution in [2.75, 3.05) is 6.61 Å². The zero-order valence-electron chi connectivity index (χ0n) is 13.3. The highest BCUT2D eigenvalue weighted by molar-refractivity contribution is 6.40. The van der Waals surface area contributed by atoms with E-state index in [-0.39, 0.29) is 18.7 Å². The van der Waals surface area contributed by atoms with Gasteiger partial charge in [-0.1, -0.05) is 18.2 Å². The van der Waals surface area contributed by atoms with E-state index in [4.69, 9.17) is 4.74 Å². The van der Waals surface area contributed by atoms with E-state index in [9.17, 15) is 14.4 Å². The van der Waals surface area contributed by atoms with E-state index >= 15 is 0 Å². The minimum Gasteiger partial charge on any atom is -0.460 e. The Hall–Kier alpha value is -2.37. The molecule has 1 aromatic carbocycles. The second kappa shape index (κ2) is 7.59. The van der Waals surface area contributed by atoms with Crippen molar-refractivity contribution in [3.8, 4) is 0 Å². The van der Waals surface area contributed by atoms with Crippen molar-refractivity contribution in [2.45, 2.75) is 39.8 Å². The first-order chi connectivity index (χ1) is 10.2. The number of ether oxygens (including phenoxy) is 2. The van der Waals surface area contributed by atoms with Gasteiger partial charge in [0.1, 0.15) is 5.60 Å². The minimum atomic E-state index is -0.889. The molecule has 6 heteroatoms. The molecule has 6 nitrogen and oxygen atoms in total. The van der Waals surface area contributed by atoms with Crippen LogP contribution in [0.25, 0.3) is 0 Å². The van der Waals surface area contributed by atoms with Gasteiger partial charge in [-0.25, -0.2) is 9.59 Å². The van der Waals surface area contributed by atoms with Crippen LogP contribution in [0.3, 0.4) is 0 Å². The zero-order valence-corrected chi connectivity index (χ0v) is 13.3. The molecule has 0 bridgehead atoms. The topological polar surface area (TPSA) is 81.7 Å². The van der Waals surface area contributed by atoms with E-state index in [0.29, 0.717) is 5.56 Å². The first-order valence-corrected chi connectivity index (χ1v) is 7.00. The number of Topliss-reactive ketones (excluding diaryl/α,β-unsaturated/α-hetero) is 1. The van der Waals surface area contributed by atoms with Gasteiger partial charge in [-0.2, -0.15) is 0 Å². The van der Waals surface area contributed by atoms with Crippen LogP contribution >= 0.6 is 0 Å². The van der Waals surface area contributed by atoms with Gasteiger partial charge in [-0.05, 0) is 39.3 Å². The molecule has 0 saturated carbocycles. The number of hydrogen-bond donors (Lipinski definition) is 1. The Morgan fingerprint density at radius 2 is 1.86 bits per heavy atom. The number of carbonyl (C=O) groups excluding carboxylic acids is 3. The molecule has 120 valence electrons. The molecule has 0 aliphatic rings. The summed E-state index contributed by atoms with van der Waals surface area (Å²) >= 11 is 0. The number of ketones is 1.